The zero-order valence-electron chi connectivity index (χ0n) is 10.5. The first-order valence-electron chi connectivity index (χ1n) is 5.56. The van der Waals surface area contributed by atoms with Crippen LogP contribution >= 0.6 is 11.8 Å². The van der Waals surface area contributed by atoms with E-state index in [-0.39, 0.29) is 5.75 Å². The van der Waals surface area contributed by atoms with Crippen LogP contribution in [0.5, 0.6) is 0 Å². The van der Waals surface area contributed by atoms with Crippen LogP contribution in [-0.2, 0) is 19.4 Å². The first-order valence-corrected chi connectivity index (χ1v) is 8.54. The molecule has 0 bridgehead atoms. The fourth-order valence-electron chi connectivity index (χ4n) is 1.28. The maximum Gasteiger partial charge on any atom is 0.327 e. The third-order valence-electron chi connectivity index (χ3n) is 2.04. The van der Waals surface area contributed by atoms with Crippen molar-refractivity contribution in [2.75, 3.05) is 23.0 Å². The predicted octanol–water partition coefficient (Wildman–Crippen LogP) is 0.134. The van der Waals surface area contributed by atoms with Gasteiger partial charge in [-0.3, -0.25) is 4.79 Å². The van der Waals surface area contributed by atoms with Gasteiger partial charge in [0, 0.05) is 6.92 Å². The summed E-state index contributed by atoms with van der Waals surface area (Å²) >= 11 is 1.63. The van der Waals surface area contributed by atoms with Gasteiger partial charge in [0.25, 0.3) is 0 Å². The zero-order valence-corrected chi connectivity index (χ0v) is 12.1. The number of carbonyl (C=O) groups is 2. The highest BCUT2D eigenvalue weighted by Crippen LogP contribution is 2.05. The lowest BCUT2D eigenvalue weighted by Gasteiger charge is -2.13. The lowest BCUT2D eigenvalue weighted by molar-refractivity contribution is -0.140. The minimum absolute atomic E-state index is 0.0522. The number of aliphatic carboxylic acids is 1. The zero-order chi connectivity index (χ0) is 14.2. The molecule has 0 aliphatic rings. The molecule has 0 heterocycles. The maximum absolute atomic E-state index is 11.7. The second-order valence-corrected chi connectivity index (χ2v) is 7.38. The lowest BCUT2D eigenvalue weighted by atomic mass is 10.3. The van der Waals surface area contributed by atoms with Gasteiger partial charge in [-0.05, 0) is 17.9 Å². The number of hydrogen-bond donors (Lipinski definition) is 2. The molecular formula is C10H19NO5S2. The third-order valence-corrected chi connectivity index (χ3v) is 4.78. The van der Waals surface area contributed by atoms with Gasteiger partial charge in [-0.1, -0.05) is 6.92 Å². The number of amides is 1. The van der Waals surface area contributed by atoms with Crippen LogP contribution in [0.1, 0.15) is 20.3 Å². The van der Waals surface area contributed by atoms with Crippen LogP contribution in [0.15, 0.2) is 0 Å². The number of hydrogen-bond acceptors (Lipinski definition) is 5. The summed E-state index contributed by atoms with van der Waals surface area (Å²) in [5, 5.41) is 10.9. The van der Waals surface area contributed by atoms with Crippen molar-refractivity contribution in [1.29, 1.82) is 0 Å². The van der Waals surface area contributed by atoms with E-state index < -0.39 is 33.5 Å². The molecule has 6 nitrogen and oxygen atoms in total. The SMILES string of the molecule is CCSCCCS(=O)(=O)C[C@H](NC(C)=O)C(=O)O. The first kappa shape index (κ1) is 17.2. The second kappa shape index (κ2) is 8.36. The average Bonchev–Trinajstić information content (AvgIpc) is 2.22. The van der Waals surface area contributed by atoms with Crippen molar-refractivity contribution >= 4 is 33.5 Å². The van der Waals surface area contributed by atoms with Crippen molar-refractivity contribution in [2.24, 2.45) is 0 Å². The van der Waals surface area contributed by atoms with E-state index in [1.54, 1.807) is 11.8 Å². The monoisotopic (exact) mass is 297 g/mol. The molecule has 18 heavy (non-hydrogen) atoms. The molecule has 0 aliphatic carbocycles. The van der Waals surface area contributed by atoms with Crippen molar-refractivity contribution in [3.8, 4) is 0 Å². The van der Waals surface area contributed by atoms with Crippen LogP contribution in [-0.4, -0.2) is 54.5 Å². The minimum atomic E-state index is -3.46. The summed E-state index contributed by atoms with van der Waals surface area (Å²) in [6, 6.07) is -1.37. The Balaban J connectivity index is 4.33. The molecule has 0 aromatic rings. The summed E-state index contributed by atoms with van der Waals surface area (Å²) in [5.74, 6) is -0.852. The molecule has 1 amide bonds. The second-order valence-electron chi connectivity index (χ2n) is 3.76. The van der Waals surface area contributed by atoms with Gasteiger partial charge in [0.2, 0.25) is 5.91 Å². The van der Waals surface area contributed by atoms with Gasteiger partial charge in [0.05, 0.1) is 11.5 Å². The fourth-order valence-corrected chi connectivity index (χ4v) is 3.59. The lowest BCUT2D eigenvalue weighted by Crippen LogP contribution is -2.44. The summed E-state index contributed by atoms with van der Waals surface area (Å²) < 4.78 is 23.3. The quantitative estimate of drug-likeness (QED) is 0.587. The predicted molar refractivity (Wildman–Crippen MR) is 71.5 cm³/mol. The average molecular weight is 297 g/mol. The first-order chi connectivity index (χ1) is 8.28. The molecule has 0 saturated carbocycles. The van der Waals surface area contributed by atoms with Crippen molar-refractivity contribution in [1.82, 2.24) is 5.32 Å². The Hall–Kier alpha value is -0.760. The molecule has 1 atom stereocenters. The number of nitrogens with one attached hydrogen (secondary N) is 1. The number of carboxylic acid groups (broad SMARTS) is 1. The van der Waals surface area contributed by atoms with E-state index >= 15 is 0 Å². The molecule has 8 heteroatoms. The molecule has 0 aromatic heterocycles. The number of carbonyl (C=O) groups excluding carboxylic acids is 1. The van der Waals surface area contributed by atoms with Crippen LogP contribution in [0.3, 0.4) is 0 Å². The summed E-state index contributed by atoms with van der Waals surface area (Å²) in [5.41, 5.74) is 0. The van der Waals surface area contributed by atoms with E-state index in [1.165, 1.54) is 0 Å². The molecule has 0 saturated heterocycles. The van der Waals surface area contributed by atoms with E-state index in [0.717, 1.165) is 18.4 Å². The standard InChI is InChI=1S/C10H19NO5S2/c1-3-17-5-4-6-18(15,16)7-9(10(13)14)11-8(2)12/h9H,3-7H2,1-2H3,(H,11,12)(H,13,14)/t9-/m0/s1. The fraction of sp³-hybridized carbons (Fsp3) is 0.800. The molecule has 0 rings (SSSR count). The van der Waals surface area contributed by atoms with E-state index in [1.807, 2.05) is 6.92 Å². The van der Waals surface area contributed by atoms with Gasteiger partial charge in [-0.25, -0.2) is 13.2 Å². The van der Waals surface area contributed by atoms with Gasteiger partial charge in [0.1, 0.15) is 6.04 Å². The van der Waals surface area contributed by atoms with Gasteiger partial charge < -0.3 is 10.4 Å². The molecule has 0 radical (unpaired) electrons. The minimum Gasteiger partial charge on any atom is -0.480 e. The highest BCUT2D eigenvalue weighted by atomic mass is 32.2. The molecule has 2 N–H and O–H groups in total. The highest BCUT2D eigenvalue weighted by molar-refractivity contribution is 7.99. The number of rotatable bonds is 9. The third kappa shape index (κ3) is 8.35. The summed E-state index contributed by atoms with van der Waals surface area (Å²) in [6.45, 7) is 3.14. The van der Waals surface area contributed by atoms with E-state index in [2.05, 4.69) is 5.32 Å². The van der Waals surface area contributed by atoms with Gasteiger partial charge in [0.15, 0.2) is 9.84 Å². The van der Waals surface area contributed by atoms with Crippen molar-refractivity contribution in [2.45, 2.75) is 26.3 Å². The van der Waals surface area contributed by atoms with Crippen LogP contribution in [0.4, 0.5) is 0 Å². The Labute approximate surface area is 111 Å². The van der Waals surface area contributed by atoms with Crippen molar-refractivity contribution < 1.29 is 23.1 Å². The Kier molecular flexibility index (Phi) is 8.01. The molecule has 0 unspecified atom stereocenters. The van der Waals surface area contributed by atoms with Crippen LogP contribution in [0, 0.1) is 0 Å². The Bertz CT molecular complexity index is 380. The van der Waals surface area contributed by atoms with Gasteiger partial charge in [-0.15, -0.1) is 0 Å². The Morgan fingerprint density at radius 2 is 2.00 bits per heavy atom. The molecule has 0 aromatic carbocycles. The Morgan fingerprint density at radius 3 is 2.44 bits per heavy atom. The summed E-state index contributed by atoms with van der Waals surface area (Å²) in [7, 11) is -3.46. The largest absolute Gasteiger partial charge is 0.480 e. The summed E-state index contributed by atoms with van der Waals surface area (Å²) in [4.78, 5) is 21.6. The summed E-state index contributed by atoms with van der Waals surface area (Å²) in [6.07, 6.45) is 0.493. The van der Waals surface area contributed by atoms with Crippen LogP contribution in [0.25, 0.3) is 0 Å². The van der Waals surface area contributed by atoms with Crippen molar-refractivity contribution in [3.05, 3.63) is 0 Å². The highest BCUT2D eigenvalue weighted by Gasteiger charge is 2.25. The van der Waals surface area contributed by atoms with E-state index in [0.29, 0.717) is 6.42 Å². The number of sulfone groups is 1. The smallest absolute Gasteiger partial charge is 0.327 e. The molecule has 0 spiro atoms. The normalized spacial score (nSPS) is 13.0. The van der Waals surface area contributed by atoms with Crippen LogP contribution < -0.4 is 5.32 Å². The molecule has 0 fully saturated rings. The molecule has 106 valence electrons. The van der Waals surface area contributed by atoms with E-state index in [4.69, 9.17) is 5.11 Å². The number of thioether (sulfide) groups is 1. The van der Waals surface area contributed by atoms with Gasteiger partial charge >= 0.3 is 5.97 Å². The van der Waals surface area contributed by atoms with E-state index in [9.17, 15) is 18.0 Å². The molecular weight excluding hydrogens is 278 g/mol. The van der Waals surface area contributed by atoms with Crippen molar-refractivity contribution in [3.63, 3.8) is 0 Å². The van der Waals surface area contributed by atoms with Crippen LogP contribution in [0.2, 0.25) is 0 Å². The molecule has 0 aliphatic heterocycles. The topological polar surface area (TPSA) is 101 Å². The number of carboxylic acids is 1. The Morgan fingerprint density at radius 1 is 1.39 bits per heavy atom. The van der Waals surface area contributed by atoms with Gasteiger partial charge in [-0.2, -0.15) is 11.8 Å². The maximum atomic E-state index is 11.7.